The summed E-state index contributed by atoms with van der Waals surface area (Å²) in [5, 5.41) is 13.0. The highest BCUT2D eigenvalue weighted by atomic mass is 79.9. The quantitative estimate of drug-likeness (QED) is 0.739. The number of nitrogens with one attached hydrogen (secondary N) is 1. The summed E-state index contributed by atoms with van der Waals surface area (Å²) in [5.74, 6) is -0.0565. The van der Waals surface area contributed by atoms with Crippen molar-refractivity contribution >= 4 is 21.8 Å². The normalized spacial score (nSPS) is 21.1. The Balaban J connectivity index is 2.28. The average molecular weight is 250 g/mol. The van der Waals surface area contributed by atoms with E-state index in [1.54, 1.807) is 0 Å². The van der Waals surface area contributed by atoms with Crippen LogP contribution in [0.15, 0.2) is 0 Å². The molecule has 4 heteroatoms. The monoisotopic (exact) mass is 249 g/mol. The van der Waals surface area contributed by atoms with Crippen LogP contribution in [0.1, 0.15) is 32.1 Å². The van der Waals surface area contributed by atoms with Crippen molar-refractivity contribution in [2.45, 2.75) is 37.7 Å². The zero-order valence-electron chi connectivity index (χ0n) is 7.68. The smallest absolute Gasteiger partial charge is 0.230 e. The first-order valence-corrected chi connectivity index (χ1v) is 5.83. The van der Waals surface area contributed by atoms with E-state index in [-0.39, 0.29) is 5.91 Å². The second kappa shape index (κ2) is 4.96. The van der Waals surface area contributed by atoms with Crippen molar-refractivity contribution in [1.82, 2.24) is 5.32 Å². The molecule has 1 aliphatic rings. The van der Waals surface area contributed by atoms with E-state index in [1.807, 2.05) is 0 Å². The number of hydrogen-bond acceptors (Lipinski definition) is 2. The van der Waals surface area contributed by atoms with Crippen LogP contribution in [0.3, 0.4) is 0 Å². The molecule has 1 saturated carbocycles. The van der Waals surface area contributed by atoms with Gasteiger partial charge in [0.2, 0.25) is 5.91 Å². The van der Waals surface area contributed by atoms with Crippen LogP contribution in [0.4, 0.5) is 0 Å². The van der Waals surface area contributed by atoms with Crippen LogP contribution in [-0.2, 0) is 4.79 Å². The predicted octanol–water partition coefficient (Wildman–Crippen LogP) is 1.19. The van der Waals surface area contributed by atoms with Gasteiger partial charge < -0.3 is 10.4 Å². The van der Waals surface area contributed by atoms with Gasteiger partial charge in [0, 0.05) is 6.54 Å². The molecule has 0 spiro atoms. The minimum absolute atomic E-state index is 0.0565. The van der Waals surface area contributed by atoms with E-state index < -0.39 is 5.60 Å². The summed E-state index contributed by atoms with van der Waals surface area (Å²) in [7, 11) is 0. The number of aliphatic hydroxyl groups is 1. The molecule has 1 amide bonds. The van der Waals surface area contributed by atoms with E-state index >= 15 is 0 Å². The summed E-state index contributed by atoms with van der Waals surface area (Å²) in [6.45, 7) is 0.400. The van der Waals surface area contributed by atoms with Crippen LogP contribution in [0, 0.1) is 0 Å². The molecular weight excluding hydrogens is 234 g/mol. The first-order valence-electron chi connectivity index (χ1n) is 4.71. The summed E-state index contributed by atoms with van der Waals surface area (Å²) in [4.78, 5) is 10.9. The van der Waals surface area contributed by atoms with Gasteiger partial charge in [-0.1, -0.05) is 35.2 Å². The minimum atomic E-state index is -0.643. The van der Waals surface area contributed by atoms with Gasteiger partial charge >= 0.3 is 0 Å². The number of halogens is 1. The second-order valence-electron chi connectivity index (χ2n) is 3.70. The number of rotatable bonds is 3. The largest absolute Gasteiger partial charge is 0.388 e. The van der Waals surface area contributed by atoms with Crippen LogP contribution in [0.25, 0.3) is 0 Å². The lowest BCUT2D eigenvalue weighted by Gasteiger charge is -2.31. The van der Waals surface area contributed by atoms with Gasteiger partial charge in [-0.3, -0.25) is 4.79 Å². The highest BCUT2D eigenvalue weighted by Gasteiger charge is 2.29. The lowest BCUT2D eigenvalue weighted by atomic mass is 9.85. The average Bonchev–Trinajstić information content (AvgIpc) is 2.15. The number of amides is 1. The highest BCUT2D eigenvalue weighted by Crippen LogP contribution is 2.27. The first kappa shape index (κ1) is 11.0. The van der Waals surface area contributed by atoms with Gasteiger partial charge in [0.25, 0.3) is 0 Å². The maximum atomic E-state index is 10.9. The molecule has 2 N–H and O–H groups in total. The molecule has 76 valence electrons. The van der Waals surface area contributed by atoms with Crippen molar-refractivity contribution in [3.8, 4) is 0 Å². The fraction of sp³-hybridized carbons (Fsp3) is 0.889. The zero-order valence-corrected chi connectivity index (χ0v) is 9.27. The van der Waals surface area contributed by atoms with Gasteiger partial charge in [-0.25, -0.2) is 0 Å². The van der Waals surface area contributed by atoms with E-state index in [4.69, 9.17) is 0 Å². The summed E-state index contributed by atoms with van der Waals surface area (Å²) in [6.07, 6.45) is 4.97. The molecule has 1 rings (SSSR count). The number of carbonyl (C=O) groups excluding carboxylic acids is 1. The lowest BCUT2D eigenvalue weighted by molar-refractivity contribution is -0.120. The molecule has 0 unspecified atom stereocenters. The molecule has 0 saturated heterocycles. The molecule has 1 fully saturated rings. The van der Waals surface area contributed by atoms with E-state index in [1.165, 1.54) is 6.42 Å². The highest BCUT2D eigenvalue weighted by molar-refractivity contribution is 9.09. The minimum Gasteiger partial charge on any atom is -0.388 e. The second-order valence-corrected chi connectivity index (χ2v) is 4.26. The van der Waals surface area contributed by atoms with Gasteiger partial charge in [0.05, 0.1) is 10.9 Å². The Hall–Kier alpha value is -0.0900. The predicted molar refractivity (Wildman–Crippen MR) is 54.8 cm³/mol. The number of alkyl halides is 1. The van der Waals surface area contributed by atoms with Crippen molar-refractivity contribution in [3.05, 3.63) is 0 Å². The molecule has 3 nitrogen and oxygen atoms in total. The third kappa shape index (κ3) is 3.65. The fourth-order valence-corrected chi connectivity index (χ4v) is 1.90. The van der Waals surface area contributed by atoms with Crippen LogP contribution >= 0.6 is 15.9 Å². The molecular formula is C9H16BrNO2. The van der Waals surface area contributed by atoms with Gasteiger partial charge in [-0.2, -0.15) is 0 Å². The molecule has 0 radical (unpaired) electrons. The molecule has 0 aromatic heterocycles. The van der Waals surface area contributed by atoms with E-state index in [0.717, 1.165) is 25.7 Å². The Bertz CT molecular complexity index is 178. The molecule has 0 heterocycles. The number of hydrogen-bond donors (Lipinski definition) is 2. The Morgan fingerprint density at radius 1 is 1.38 bits per heavy atom. The third-order valence-electron chi connectivity index (χ3n) is 2.52. The topological polar surface area (TPSA) is 49.3 Å². The van der Waals surface area contributed by atoms with E-state index in [9.17, 15) is 9.90 Å². The third-order valence-corrected chi connectivity index (χ3v) is 3.03. The van der Waals surface area contributed by atoms with Crippen molar-refractivity contribution in [1.29, 1.82) is 0 Å². The van der Waals surface area contributed by atoms with Crippen LogP contribution < -0.4 is 5.32 Å². The molecule has 0 aromatic rings. The van der Waals surface area contributed by atoms with Gasteiger partial charge in [0.15, 0.2) is 0 Å². The van der Waals surface area contributed by atoms with Gasteiger partial charge in [-0.15, -0.1) is 0 Å². The summed E-state index contributed by atoms with van der Waals surface area (Å²) in [5.41, 5.74) is -0.643. The molecule has 0 bridgehead atoms. The summed E-state index contributed by atoms with van der Waals surface area (Å²) < 4.78 is 0. The van der Waals surface area contributed by atoms with Crippen LogP contribution in [0.5, 0.6) is 0 Å². The van der Waals surface area contributed by atoms with Crippen molar-refractivity contribution < 1.29 is 9.90 Å². The van der Waals surface area contributed by atoms with Crippen LogP contribution in [-0.4, -0.2) is 28.5 Å². The van der Waals surface area contributed by atoms with E-state index in [2.05, 4.69) is 21.2 Å². The standard InChI is InChI=1S/C9H16BrNO2/c10-6-8(12)11-7-9(13)4-2-1-3-5-9/h13H,1-7H2,(H,11,12). The van der Waals surface area contributed by atoms with Gasteiger partial charge in [0.1, 0.15) is 0 Å². The lowest BCUT2D eigenvalue weighted by Crippen LogP contribution is -2.44. The molecule has 0 aromatic carbocycles. The van der Waals surface area contributed by atoms with Crippen LogP contribution in [0.2, 0.25) is 0 Å². The van der Waals surface area contributed by atoms with Crippen molar-refractivity contribution in [3.63, 3.8) is 0 Å². The summed E-state index contributed by atoms with van der Waals surface area (Å²) >= 11 is 3.06. The Kier molecular flexibility index (Phi) is 4.19. The summed E-state index contributed by atoms with van der Waals surface area (Å²) in [6, 6.07) is 0. The first-order chi connectivity index (χ1) is 6.16. The Labute approximate surface area is 87.0 Å². The maximum Gasteiger partial charge on any atom is 0.230 e. The molecule has 0 aliphatic heterocycles. The molecule has 0 atom stereocenters. The van der Waals surface area contributed by atoms with Gasteiger partial charge in [-0.05, 0) is 12.8 Å². The Morgan fingerprint density at radius 2 is 2.00 bits per heavy atom. The Morgan fingerprint density at radius 3 is 2.54 bits per heavy atom. The van der Waals surface area contributed by atoms with Crippen molar-refractivity contribution in [2.24, 2.45) is 0 Å². The maximum absolute atomic E-state index is 10.9. The van der Waals surface area contributed by atoms with E-state index in [0.29, 0.717) is 11.9 Å². The fourth-order valence-electron chi connectivity index (χ4n) is 1.70. The molecule has 1 aliphatic carbocycles. The zero-order chi connectivity index (χ0) is 9.73. The van der Waals surface area contributed by atoms with Crippen molar-refractivity contribution in [2.75, 3.05) is 11.9 Å². The number of carbonyl (C=O) groups is 1. The SMILES string of the molecule is O=C(CBr)NCC1(O)CCCCC1. The molecule has 13 heavy (non-hydrogen) atoms.